The summed E-state index contributed by atoms with van der Waals surface area (Å²) in [5.41, 5.74) is 7.05. The molecule has 2 N–H and O–H groups in total. The van der Waals surface area contributed by atoms with Gasteiger partial charge in [0.2, 0.25) is 0 Å². The van der Waals surface area contributed by atoms with Crippen LogP contribution in [-0.4, -0.2) is 32.0 Å². The molecule has 0 radical (unpaired) electrons. The molecule has 0 heterocycles. The van der Waals surface area contributed by atoms with E-state index in [1.807, 2.05) is 45.0 Å². The normalized spacial score (nSPS) is 14.8. The van der Waals surface area contributed by atoms with Gasteiger partial charge in [0.25, 0.3) is 0 Å². The Kier molecular flexibility index (Phi) is 7.15. The molecule has 0 aromatic heterocycles. The highest BCUT2D eigenvalue weighted by Crippen LogP contribution is 2.30. The molecule has 0 bridgehead atoms. The van der Waals surface area contributed by atoms with Crippen molar-refractivity contribution in [2.75, 3.05) is 20.3 Å². The summed E-state index contributed by atoms with van der Waals surface area (Å²) in [7, 11) is 1.66. The van der Waals surface area contributed by atoms with Gasteiger partial charge in [-0.05, 0) is 33.3 Å². The lowest BCUT2D eigenvalue weighted by Crippen LogP contribution is -2.31. The minimum atomic E-state index is -0.185. The largest absolute Gasteiger partial charge is 0.496 e. The maximum absolute atomic E-state index is 6.22. The standard InChI is InChI=1S/C17H29NO3/c1-6-14(18)16(20-11-12-21-17(2,3)4)13-9-7-8-10-15(13)19-5/h7-10,14,16H,6,11-12,18H2,1-5H3. The van der Waals surface area contributed by atoms with Gasteiger partial charge in [-0.1, -0.05) is 25.1 Å². The Bertz CT molecular complexity index is 415. The molecule has 4 heteroatoms. The number of rotatable bonds is 8. The molecule has 1 aromatic carbocycles. The third-order valence-electron chi connectivity index (χ3n) is 3.22. The highest BCUT2D eigenvalue weighted by atomic mass is 16.5. The van der Waals surface area contributed by atoms with Crippen LogP contribution in [0, 0.1) is 0 Å². The van der Waals surface area contributed by atoms with Crippen molar-refractivity contribution in [3.63, 3.8) is 0 Å². The lowest BCUT2D eigenvalue weighted by Gasteiger charge is -2.26. The molecule has 0 amide bonds. The fourth-order valence-corrected chi connectivity index (χ4v) is 2.08. The van der Waals surface area contributed by atoms with Gasteiger partial charge in [-0.15, -0.1) is 0 Å². The van der Waals surface area contributed by atoms with Gasteiger partial charge in [-0.2, -0.15) is 0 Å². The summed E-state index contributed by atoms with van der Waals surface area (Å²) in [4.78, 5) is 0. The van der Waals surface area contributed by atoms with Crippen LogP contribution >= 0.6 is 0 Å². The van der Waals surface area contributed by atoms with Crippen LogP contribution in [0.15, 0.2) is 24.3 Å². The molecule has 0 saturated heterocycles. The van der Waals surface area contributed by atoms with Crippen LogP contribution in [0.5, 0.6) is 5.75 Å². The van der Waals surface area contributed by atoms with Crippen LogP contribution in [0.3, 0.4) is 0 Å². The zero-order chi connectivity index (χ0) is 15.9. The Labute approximate surface area is 128 Å². The van der Waals surface area contributed by atoms with Crippen LogP contribution in [0.25, 0.3) is 0 Å². The van der Waals surface area contributed by atoms with Crippen molar-refractivity contribution in [2.45, 2.75) is 51.9 Å². The van der Waals surface area contributed by atoms with Gasteiger partial charge in [-0.25, -0.2) is 0 Å². The van der Waals surface area contributed by atoms with E-state index in [2.05, 4.69) is 6.92 Å². The van der Waals surface area contributed by atoms with Gasteiger partial charge in [0.1, 0.15) is 11.9 Å². The van der Waals surface area contributed by atoms with E-state index in [0.29, 0.717) is 13.2 Å². The maximum Gasteiger partial charge on any atom is 0.124 e. The van der Waals surface area contributed by atoms with Crippen LogP contribution < -0.4 is 10.5 Å². The predicted molar refractivity (Wildman–Crippen MR) is 85.7 cm³/mol. The number of para-hydroxylation sites is 1. The number of nitrogens with two attached hydrogens (primary N) is 1. The highest BCUT2D eigenvalue weighted by molar-refractivity contribution is 5.35. The second-order valence-corrected chi connectivity index (χ2v) is 6.07. The molecule has 0 saturated carbocycles. The fourth-order valence-electron chi connectivity index (χ4n) is 2.08. The topological polar surface area (TPSA) is 53.7 Å². The van der Waals surface area contributed by atoms with Crippen molar-refractivity contribution in [2.24, 2.45) is 5.73 Å². The summed E-state index contributed by atoms with van der Waals surface area (Å²) in [5.74, 6) is 0.808. The third kappa shape index (κ3) is 6.04. The molecule has 120 valence electrons. The second kappa shape index (κ2) is 8.37. The van der Waals surface area contributed by atoms with Crippen molar-refractivity contribution in [1.29, 1.82) is 0 Å². The van der Waals surface area contributed by atoms with Crippen molar-refractivity contribution in [1.82, 2.24) is 0 Å². The second-order valence-electron chi connectivity index (χ2n) is 6.07. The van der Waals surface area contributed by atoms with E-state index < -0.39 is 0 Å². The molecule has 1 aromatic rings. The number of ether oxygens (including phenoxy) is 3. The van der Waals surface area contributed by atoms with Crippen molar-refractivity contribution in [3.05, 3.63) is 29.8 Å². The SMILES string of the molecule is CCC(N)C(OCCOC(C)(C)C)c1ccccc1OC. The quantitative estimate of drug-likeness (QED) is 0.748. The molecule has 21 heavy (non-hydrogen) atoms. The number of hydrogen-bond donors (Lipinski definition) is 1. The first kappa shape index (κ1) is 18.0. The molecule has 2 atom stereocenters. The smallest absolute Gasteiger partial charge is 0.124 e. The van der Waals surface area contributed by atoms with Crippen LogP contribution in [0.2, 0.25) is 0 Å². The maximum atomic E-state index is 6.22. The molecule has 1 rings (SSSR count). The Balaban J connectivity index is 2.72. The Morgan fingerprint density at radius 1 is 1.14 bits per heavy atom. The summed E-state index contributed by atoms with van der Waals surface area (Å²) >= 11 is 0. The molecular weight excluding hydrogens is 266 g/mol. The predicted octanol–water partition coefficient (Wildman–Crippen LogP) is 3.31. The Hall–Kier alpha value is -1.10. The molecule has 0 spiro atoms. The molecule has 0 aliphatic heterocycles. The van der Waals surface area contributed by atoms with Gasteiger partial charge >= 0.3 is 0 Å². The van der Waals surface area contributed by atoms with Gasteiger partial charge in [0, 0.05) is 11.6 Å². The Morgan fingerprint density at radius 2 is 1.81 bits per heavy atom. The van der Waals surface area contributed by atoms with E-state index in [1.54, 1.807) is 7.11 Å². The van der Waals surface area contributed by atoms with E-state index in [-0.39, 0.29) is 17.7 Å². The average molecular weight is 295 g/mol. The molecule has 0 fully saturated rings. The first-order chi connectivity index (χ1) is 9.89. The minimum Gasteiger partial charge on any atom is -0.496 e. The summed E-state index contributed by atoms with van der Waals surface area (Å²) in [6.45, 7) is 9.20. The van der Waals surface area contributed by atoms with Gasteiger partial charge in [-0.3, -0.25) is 0 Å². The molecule has 2 unspecified atom stereocenters. The van der Waals surface area contributed by atoms with E-state index in [9.17, 15) is 0 Å². The minimum absolute atomic E-state index is 0.0732. The summed E-state index contributed by atoms with van der Waals surface area (Å²) in [5, 5.41) is 0. The van der Waals surface area contributed by atoms with Crippen LogP contribution in [0.1, 0.15) is 45.8 Å². The lowest BCUT2D eigenvalue weighted by atomic mass is 10.00. The zero-order valence-corrected chi connectivity index (χ0v) is 13.9. The third-order valence-corrected chi connectivity index (χ3v) is 3.22. The van der Waals surface area contributed by atoms with Gasteiger partial charge in [0.15, 0.2) is 0 Å². The van der Waals surface area contributed by atoms with E-state index in [0.717, 1.165) is 17.7 Å². The van der Waals surface area contributed by atoms with Crippen LogP contribution in [-0.2, 0) is 9.47 Å². The Morgan fingerprint density at radius 3 is 2.38 bits per heavy atom. The lowest BCUT2D eigenvalue weighted by molar-refractivity contribution is -0.0574. The summed E-state index contributed by atoms with van der Waals surface area (Å²) < 4.78 is 17.1. The van der Waals surface area contributed by atoms with E-state index in [1.165, 1.54) is 0 Å². The van der Waals surface area contributed by atoms with Crippen molar-refractivity contribution < 1.29 is 14.2 Å². The molecule has 0 aliphatic rings. The fraction of sp³-hybridized carbons (Fsp3) is 0.647. The molecule has 0 aliphatic carbocycles. The van der Waals surface area contributed by atoms with Gasteiger partial charge < -0.3 is 19.9 Å². The number of hydrogen-bond acceptors (Lipinski definition) is 4. The van der Waals surface area contributed by atoms with Crippen molar-refractivity contribution >= 4 is 0 Å². The first-order valence-corrected chi connectivity index (χ1v) is 7.53. The van der Waals surface area contributed by atoms with E-state index in [4.69, 9.17) is 19.9 Å². The zero-order valence-electron chi connectivity index (χ0n) is 13.9. The first-order valence-electron chi connectivity index (χ1n) is 7.53. The van der Waals surface area contributed by atoms with Crippen molar-refractivity contribution in [3.8, 4) is 5.75 Å². The molecular formula is C17H29NO3. The molecule has 4 nitrogen and oxygen atoms in total. The number of methoxy groups -OCH3 is 1. The number of benzene rings is 1. The average Bonchev–Trinajstić information content (AvgIpc) is 2.45. The van der Waals surface area contributed by atoms with Crippen LogP contribution in [0.4, 0.5) is 0 Å². The summed E-state index contributed by atoms with van der Waals surface area (Å²) in [6.07, 6.45) is 0.651. The van der Waals surface area contributed by atoms with Gasteiger partial charge in [0.05, 0.1) is 25.9 Å². The highest BCUT2D eigenvalue weighted by Gasteiger charge is 2.22. The summed E-state index contributed by atoms with van der Waals surface area (Å²) in [6, 6.07) is 7.78. The monoisotopic (exact) mass is 295 g/mol. The van der Waals surface area contributed by atoms with E-state index >= 15 is 0 Å².